The van der Waals surface area contributed by atoms with Gasteiger partial charge in [0.05, 0.1) is 0 Å². The largest absolute Gasteiger partial charge is 0.463 e. The second-order valence-corrected chi connectivity index (χ2v) is 6.38. The molecule has 158 valence electrons. The zero-order valence-electron chi connectivity index (χ0n) is 16.2. The fourth-order valence-corrected chi connectivity index (χ4v) is 2.90. The van der Waals surface area contributed by atoms with Gasteiger partial charge in [0.1, 0.15) is 18.8 Å². The predicted molar refractivity (Wildman–Crippen MR) is 96.3 cm³/mol. The lowest BCUT2D eigenvalue weighted by Crippen LogP contribution is -2.66. The molecule has 0 aromatic heterocycles. The molecular weight excluding hydrogens is 386 g/mol. The molecule has 1 heterocycles. The fourth-order valence-electron chi connectivity index (χ4n) is 2.90. The highest BCUT2D eigenvalue weighted by Gasteiger charge is 2.50. The summed E-state index contributed by atoms with van der Waals surface area (Å²) in [7, 11) is 0. The highest BCUT2D eigenvalue weighted by molar-refractivity contribution is 5.94. The van der Waals surface area contributed by atoms with E-state index in [1.807, 2.05) is 0 Å². The average Bonchev–Trinajstić information content (AvgIpc) is 2.65. The third-order valence-corrected chi connectivity index (χ3v) is 4.05. The number of rotatable bonds is 6. The number of hydrogen-bond donors (Lipinski definition) is 2. The topological polar surface area (TPSA) is 137 Å². The first-order chi connectivity index (χ1) is 13.7. The molecule has 1 aromatic carbocycles. The molecule has 1 aliphatic heterocycles. The number of ether oxygens (including phenoxy) is 4. The van der Waals surface area contributed by atoms with Crippen LogP contribution in [0.4, 0.5) is 0 Å². The minimum atomic E-state index is -1.63. The summed E-state index contributed by atoms with van der Waals surface area (Å²) in [6, 6.07) is 6.91. The van der Waals surface area contributed by atoms with Gasteiger partial charge in [-0.05, 0) is 12.1 Å². The van der Waals surface area contributed by atoms with E-state index in [4.69, 9.17) is 18.9 Å². The van der Waals surface area contributed by atoms with Crippen molar-refractivity contribution in [2.45, 2.75) is 51.4 Å². The molecule has 0 bridgehead atoms. The molecule has 1 amide bonds. The van der Waals surface area contributed by atoms with Crippen molar-refractivity contribution in [1.82, 2.24) is 5.32 Å². The minimum absolute atomic E-state index is 0.298. The molecule has 0 spiro atoms. The number of benzene rings is 1. The van der Waals surface area contributed by atoms with E-state index in [1.54, 1.807) is 30.3 Å². The molecule has 0 unspecified atom stereocenters. The van der Waals surface area contributed by atoms with Crippen molar-refractivity contribution in [3.05, 3.63) is 35.9 Å². The number of amides is 1. The summed E-state index contributed by atoms with van der Waals surface area (Å²) in [5.41, 5.74) is 0.298. The van der Waals surface area contributed by atoms with Crippen LogP contribution in [0.2, 0.25) is 0 Å². The van der Waals surface area contributed by atoms with Crippen molar-refractivity contribution >= 4 is 23.8 Å². The molecule has 1 fully saturated rings. The summed E-state index contributed by atoms with van der Waals surface area (Å²) in [6.07, 6.45) is -5.26. The fraction of sp³-hybridized carbons (Fsp3) is 0.474. The van der Waals surface area contributed by atoms with Crippen LogP contribution in [0.25, 0.3) is 0 Å². The summed E-state index contributed by atoms with van der Waals surface area (Å²) in [6.45, 7) is 3.08. The van der Waals surface area contributed by atoms with Gasteiger partial charge in [-0.3, -0.25) is 19.2 Å². The Kier molecular flexibility index (Phi) is 7.68. The molecule has 2 rings (SSSR count). The third-order valence-electron chi connectivity index (χ3n) is 4.05. The number of hydrogen-bond acceptors (Lipinski definition) is 9. The highest BCUT2D eigenvalue weighted by Crippen LogP contribution is 2.26. The lowest BCUT2D eigenvalue weighted by molar-refractivity contribution is -0.263. The first-order valence-electron chi connectivity index (χ1n) is 8.86. The van der Waals surface area contributed by atoms with Gasteiger partial charge < -0.3 is 29.4 Å². The first kappa shape index (κ1) is 22.3. The van der Waals surface area contributed by atoms with Gasteiger partial charge in [-0.25, -0.2) is 0 Å². The minimum Gasteiger partial charge on any atom is -0.463 e. The Labute approximate surface area is 167 Å². The Hall–Kier alpha value is -2.98. The van der Waals surface area contributed by atoms with E-state index in [1.165, 1.54) is 6.92 Å². The standard InChI is InChI=1S/C19H23NO9/c1-10(21)26-9-14-16(27-11(2)22)17(28-12(3)23)15(19(25)29-14)20-18(24)13-7-5-4-6-8-13/h4-8,14-17,19,25H,9H2,1-3H3,(H,20,24)/t14-,15+,16-,17-,19-/m1/s1. The maximum Gasteiger partial charge on any atom is 0.303 e. The van der Waals surface area contributed by atoms with Crippen LogP contribution in [0.3, 0.4) is 0 Å². The lowest BCUT2D eigenvalue weighted by atomic mass is 9.96. The van der Waals surface area contributed by atoms with Gasteiger partial charge in [0.25, 0.3) is 5.91 Å². The number of carbonyl (C=O) groups is 4. The van der Waals surface area contributed by atoms with Crippen molar-refractivity contribution in [2.24, 2.45) is 0 Å². The normalized spacial score (nSPS) is 26.1. The lowest BCUT2D eigenvalue weighted by Gasteiger charge is -2.43. The monoisotopic (exact) mass is 409 g/mol. The summed E-state index contributed by atoms with van der Waals surface area (Å²) < 4.78 is 20.8. The van der Waals surface area contributed by atoms with E-state index in [-0.39, 0.29) is 6.61 Å². The summed E-state index contributed by atoms with van der Waals surface area (Å²) in [5, 5.41) is 13.0. The maximum atomic E-state index is 12.5. The Morgan fingerprint density at radius 2 is 1.55 bits per heavy atom. The summed E-state index contributed by atoms with van der Waals surface area (Å²) in [4.78, 5) is 46.9. The Morgan fingerprint density at radius 1 is 0.966 bits per heavy atom. The second kappa shape index (κ2) is 9.99. The smallest absolute Gasteiger partial charge is 0.303 e. The first-order valence-corrected chi connectivity index (χ1v) is 8.86. The number of nitrogens with one attached hydrogen (secondary N) is 1. The van der Waals surface area contributed by atoms with Crippen LogP contribution < -0.4 is 5.32 Å². The van der Waals surface area contributed by atoms with Crippen LogP contribution in [0.1, 0.15) is 31.1 Å². The van der Waals surface area contributed by atoms with E-state index in [0.717, 1.165) is 13.8 Å². The van der Waals surface area contributed by atoms with Crippen LogP contribution in [-0.4, -0.2) is 66.2 Å². The molecule has 10 nitrogen and oxygen atoms in total. The van der Waals surface area contributed by atoms with Gasteiger partial charge in [0, 0.05) is 26.3 Å². The second-order valence-electron chi connectivity index (χ2n) is 6.38. The van der Waals surface area contributed by atoms with Gasteiger partial charge in [0.2, 0.25) is 0 Å². The van der Waals surface area contributed by atoms with Crippen molar-refractivity contribution in [3.63, 3.8) is 0 Å². The van der Waals surface area contributed by atoms with Crippen molar-refractivity contribution < 1.29 is 43.2 Å². The van der Waals surface area contributed by atoms with Gasteiger partial charge in [-0.1, -0.05) is 18.2 Å². The van der Waals surface area contributed by atoms with Crippen LogP contribution in [0.15, 0.2) is 30.3 Å². The maximum absolute atomic E-state index is 12.5. The third kappa shape index (κ3) is 6.26. The number of aliphatic hydroxyl groups excluding tert-OH is 1. The molecular formula is C19H23NO9. The zero-order valence-corrected chi connectivity index (χ0v) is 16.2. The molecule has 0 aliphatic carbocycles. The van der Waals surface area contributed by atoms with Gasteiger partial charge in [-0.2, -0.15) is 0 Å². The zero-order chi connectivity index (χ0) is 21.6. The van der Waals surface area contributed by atoms with Crippen LogP contribution in [0, 0.1) is 0 Å². The van der Waals surface area contributed by atoms with Crippen LogP contribution in [-0.2, 0) is 33.3 Å². The SMILES string of the molecule is CC(=O)OC[C@H]1O[C@@H](O)[C@@H](NC(=O)c2ccccc2)[C@@H](OC(C)=O)[C@@H]1OC(C)=O. The highest BCUT2D eigenvalue weighted by atomic mass is 16.7. The average molecular weight is 409 g/mol. The molecule has 1 aliphatic rings. The molecule has 2 N–H and O–H groups in total. The van der Waals surface area contributed by atoms with E-state index in [0.29, 0.717) is 5.56 Å². The number of carbonyl (C=O) groups excluding carboxylic acids is 4. The van der Waals surface area contributed by atoms with Gasteiger partial charge >= 0.3 is 17.9 Å². The molecule has 1 aromatic rings. The van der Waals surface area contributed by atoms with Crippen molar-refractivity contribution in [2.75, 3.05) is 6.61 Å². The molecule has 1 saturated heterocycles. The van der Waals surface area contributed by atoms with E-state index >= 15 is 0 Å². The van der Waals surface area contributed by atoms with Gasteiger partial charge in [0.15, 0.2) is 18.5 Å². The Bertz CT molecular complexity index is 751. The molecule has 5 atom stereocenters. The summed E-state index contributed by atoms with van der Waals surface area (Å²) >= 11 is 0. The van der Waals surface area contributed by atoms with Crippen LogP contribution in [0.5, 0.6) is 0 Å². The molecule has 10 heteroatoms. The van der Waals surface area contributed by atoms with Gasteiger partial charge in [-0.15, -0.1) is 0 Å². The quantitative estimate of drug-likeness (QED) is 0.488. The van der Waals surface area contributed by atoms with Crippen molar-refractivity contribution in [1.29, 1.82) is 0 Å². The van der Waals surface area contributed by atoms with E-state index < -0.39 is 54.5 Å². The van der Waals surface area contributed by atoms with Crippen molar-refractivity contribution in [3.8, 4) is 0 Å². The molecule has 0 saturated carbocycles. The van der Waals surface area contributed by atoms with Crippen LogP contribution >= 0.6 is 0 Å². The predicted octanol–water partition coefficient (Wildman–Crippen LogP) is -0.0713. The molecule has 29 heavy (non-hydrogen) atoms. The van der Waals surface area contributed by atoms with E-state index in [9.17, 15) is 24.3 Å². The Balaban J connectivity index is 2.30. The number of esters is 3. The summed E-state index contributed by atoms with van der Waals surface area (Å²) in [5.74, 6) is -2.62. The van der Waals surface area contributed by atoms with E-state index in [2.05, 4.69) is 5.32 Å². The Morgan fingerprint density at radius 3 is 2.10 bits per heavy atom. The molecule has 0 radical (unpaired) electrons. The number of aliphatic hydroxyl groups is 1.